The molecule has 3 rings (SSSR count). The Balaban J connectivity index is 1.90. The Bertz CT molecular complexity index is 741. The van der Waals surface area contributed by atoms with E-state index in [0.29, 0.717) is 5.90 Å². The van der Waals surface area contributed by atoms with E-state index in [1.807, 2.05) is 49.6 Å². The minimum atomic E-state index is -0.573. The van der Waals surface area contributed by atoms with Crippen molar-refractivity contribution in [1.29, 1.82) is 0 Å². The van der Waals surface area contributed by atoms with E-state index in [1.165, 1.54) is 11.9 Å². The molecule has 1 aromatic carbocycles. The predicted molar refractivity (Wildman–Crippen MR) is 90.1 cm³/mol. The first-order valence-corrected chi connectivity index (χ1v) is 8.43. The highest BCUT2D eigenvalue weighted by atomic mass is 32.2. The lowest BCUT2D eigenvalue weighted by Crippen LogP contribution is -2.25. The molecule has 1 atom stereocenters. The van der Waals surface area contributed by atoms with Crippen molar-refractivity contribution >= 4 is 23.6 Å². The Kier molecular flexibility index (Phi) is 4.34. The Hall–Kier alpha value is -2.34. The molecule has 0 saturated carbocycles. The fourth-order valence-electron chi connectivity index (χ4n) is 2.26. The third-order valence-corrected chi connectivity index (χ3v) is 4.27. The van der Waals surface area contributed by atoms with Crippen LogP contribution in [0.1, 0.15) is 30.0 Å². The SMILES string of the molecule is CSc1ccc(C2=NN(C(C)=O)C(c3ccc(C)nc3)O2)cc1. The third kappa shape index (κ3) is 3.22. The third-order valence-electron chi connectivity index (χ3n) is 3.52. The fourth-order valence-corrected chi connectivity index (χ4v) is 2.67. The van der Waals surface area contributed by atoms with E-state index in [1.54, 1.807) is 18.0 Å². The first-order valence-electron chi connectivity index (χ1n) is 7.20. The number of hydrogen-bond donors (Lipinski definition) is 0. The molecule has 0 bridgehead atoms. The number of nitrogens with zero attached hydrogens (tertiary/aromatic N) is 3. The van der Waals surface area contributed by atoms with Crippen LogP contribution in [0.2, 0.25) is 0 Å². The molecule has 0 fully saturated rings. The number of aromatic nitrogens is 1. The molecular weight excluding hydrogens is 310 g/mol. The maximum atomic E-state index is 11.9. The quantitative estimate of drug-likeness (QED) is 0.811. The molecule has 118 valence electrons. The summed E-state index contributed by atoms with van der Waals surface area (Å²) in [6, 6.07) is 11.7. The second-order valence-electron chi connectivity index (χ2n) is 5.20. The second kappa shape index (κ2) is 6.42. The van der Waals surface area contributed by atoms with E-state index in [0.717, 1.165) is 21.7 Å². The van der Waals surface area contributed by atoms with Crippen molar-refractivity contribution in [3.63, 3.8) is 0 Å². The minimum Gasteiger partial charge on any atom is -0.446 e. The van der Waals surface area contributed by atoms with Gasteiger partial charge in [0.05, 0.1) is 0 Å². The van der Waals surface area contributed by atoms with E-state index < -0.39 is 6.23 Å². The summed E-state index contributed by atoms with van der Waals surface area (Å²) >= 11 is 1.67. The molecule has 1 aromatic heterocycles. The maximum Gasteiger partial charge on any atom is 0.243 e. The van der Waals surface area contributed by atoms with Gasteiger partial charge >= 0.3 is 0 Å². The molecule has 2 heterocycles. The molecule has 5 nitrogen and oxygen atoms in total. The zero-order valence-corrected chi connectivity index (χ0v) is 14.0. The second-order valence-corrected chi connectivity index (χ2v) is 6.08. The standard InChI is InChI=1S/C17H17N3O2S/c1-11-4-5-14(10-18-11)17-20(12(2)21)19-16(22-17)13-6-8-15(23-3)9-7-13/h4-10,17H,1-3H3. The van der Waals surface area contributed by atoms with Gasteiger partial charge in [-0.25, -0.2) is 0 Å². The lowest BCUT2D eigenvalue weighted by Gasteiger charge is -2.18. The van der Waals surface area contributed by atoms with Crippen molar-refractivity contribution < 1.29 is 9.53 Å². The molecule has 2 aromatic rings. The van der Waals surface area contributed by atoms with Crippen LogP contribution in [0.5, 0.6) is 0 Å². The van der Waals surface area contributed by atoms with Crippen LogP contribution in [0.4, 0.5) is 0 Å². The summed E-state index contributed by atoms with van der Waals surface area (Å²) in [6.45, 7) is 3.39. The van der Waals surface area contributed by atoms with Gasteiger partial charge < -0.3 is 4.74 Å². The zero-order chi connectivity index (χ0) is 16.4. The monoisotopic (exact) mass is 327 g/mol. The first-order chi connectivity index (χ1) is 11.1. The topological polar surface area (TPSA) is 54.8 Å². The van der Waals surface area contributed by atoms with Crippen molar-refractivity contribution in [2.45, 2.75) is 25.0 Å². The average molecular weight is 327 g/mol. The highest BCUT2D eigenvalue weighted by molar-refractivity contribution is 7.98. The van der Waals surface area contributed by atoms with Gasteiger partial charge in [-0.05, 0) is 49.6 Å². The lowest BCUT2D eigenvalue weighted by molar-refractivity contribution is -0.135. The Morgan fingerprint density at radius 3 is 2.52 bits per heavy atom. The maximum absolute atomic E-state index is 11.9. The molecule has 1 aliphatic heterocycles. The predicted octanol–water partition coefficient (Wildman–Crippen LogP) is 3.35. The van der Waals surface area contributed by atoms with E-state index in [4.69, 9.17) is 4.74 Å². The number of benzene rings is 1. The van der Waals surface area contributed by atoms with Crippen LogP contribution < -0.4 is 0 Å². The van der Waals surface area contributed by atoms with Gasteiger partial charge in [0.15, 0.2) is 0 Å². The number of rotatable bonds is 3. The number of aryl methyl sites for hydroxylation is 1. The van der Waals surface area contributed by atoms with Crippen molar-refractivity contribution in [3.8, 4) is 0 Å². The fraction of sp³-hybridized carbons (Fsp3) is 0.235. The number of amides is 1. The van der Waals surface area contributed by atoms with E-state index in [9.17, 15) is 4.79 Å². The van der Waals surface area contributed by atoms with Crippen molar-refractivity contribution in [3.05, 3.63) is 59.4 Å². The van der Waals surface area contributed by atoms with Crippen LogP contribution in [0.15, 0.2) is 52.6 Å². The Morgan fingerprint density at radius 1 is 1.22 bits per heavy atom. The van der Waals surface area contributed by atoms with Gasteiger partial charge in [-0.15, -0.1) is 16.9 Å². The van der Waals surface area contributed by atoms with Gasteiger partial charge in [0.2, 0.25) is 18.0 Å². The summed E-state index contributed by atoms with van der Waals surface area (Å²) in [5.74, 6) is 0.268. The van der Waals surface area contributed by atoms with Gasteiger partial charge in [-0.3, -0.25) is 9.78 Å². The number of carbonyl (C=O) groups is 1. The van der Waals surface area contributed by atoms with Crippen molar-refractivity contribution in [1.82, 2.24) is 9.99 Å². The summed E-state index contributed by atoms with van der Waals surface area (Å²) < 4.78 is 5.93. The van der Waals surface area contributed by atoms with Crippen LogP contribution in [0.3, 0.4) is 0 Å². The molecule has 0 aliphatic carbocycles. The number of carbonyl (C=O) groups excluding carboxylic acids is 1. The summed E-state index contributed by atoms with van der Waals surface area (Å²) in [5.41, 5.74) is 2.55. The lowest BCUT2D eigenvalue weighted by atomic mass is 10.2. The molecule has 0 saturated heterocycles. The summed E-state index contributed by atoms with van der Waals surface area (Å²) in [4.78, 5) is 17.3. The van der Waals surface area contributed by atoms with E-state index >= 15 is 0 Å². The largest absolute Gasteiger partial charge is 0.446 e. The highest BCUT2D eigenvalue weighted by Crippen LogP contribution is 2.30. The van der Waals surface area contributed by atoms with Crippen LogP contribution in [0, 0.1) is 6.92 Å². The molecule has 6 heteroatoms. The van der Waals surface area contributed by atoms with E-state index in [2.05, 4.69) is 10.1 Å². The van der Waals surface area contributed by atoms with Gasteiger partial charge in [0.1, 0.15) is 0 Å². The van der Waals surface area contributed by atoms with Crippen LogP contribution in [-0.2, 0) is 9.53 Å². The van der Waals surface area contributed by atoms with E-state index in [-0.39, 0.29) is 5.91 Å². The summed E-state index contributed by atoms with van der Waals surface area (Å²) in [7, 11) is 0. The number of hydrazone groups is 1. The molecule has 0 radical (unpaired) electrons. The normalized spacial score (nSPS) is 16.9. The Labute approximate surface area is 139 Å². The molecular formula is C17H17N3O2S. The van der Waals surface area contributed by atoms with Gasteiger partial charge in [-0.2, -0.15) is 5.01 Å². The summed E-state index contributed by atoms with van der Waals surface area (Å²) in [6.07, 6.45) is 3.16. The van der Waals surface area contributed by atoms with Crippen LogP contribution in [0.25, 0.3) is 0 Å². The number of pyridine rings is 1. The van der Waals surface area contributed by atoms with Crippen molar-refractivity contribution in [2.75, 3.05) is 6.26 Å². The number of hydrogen-bond acceptors (Lipinski definition) is 5. The smallest absolute Gasteiger partial charge is 0.243 e. The zero-order valence-electron chi connectivity index (χ0n) is 13.2. The minimum absolute atomic E-state index is 0.175. The molecule has 1 amide bonds. The average Bonchev–Trinajstić information content (AvgIpc) is 3.01. The summed E-state index contributed by atoms with van der Waals surface area (Å²) in [5, 5.41) is 5.69. The Morgan fingerprint density at radius 2 is 1.96 bits per heavy atom. The molecule has 23 heavy (non-hydrogen) atoms. The van der Waals surface area contributed by atoms with Gasteiger partial charge in [-0.1, -0.05) is 0 Å². The highest BCUT2D eigenvalue weighted by Gasteiger charge is 2.33. The van der Waals surface area contributed by atoms with Gasteiger partial charge in [0, 0.05) is 34.8 Å². The van der Waals surface area contributed by atoms with Gasteiger partial charge in [0.25, 0.3) is 0 Å². The van der Waals surface area contributed by atoms with Crippen LogP contribution >= 0.6 is 11.8 Å². The molecule has 0 N–H and O–H groups in total. The molecule has 1 aliphatic rings. The van der Waals surface area contributed by atoms with Crippen molar-refractivity contribution in [2.24, 2.45) is 5.10 Å². The molecule has 0 spiro atoms. The number of ether oxygens (including phenoxy) is 1. The first kappa shape index (κ1) is 15.6. The molecule has 1 unspecified atom stereocenters. The number of thioether (sulfide) groups is 1. The van der Waals surface area contributed by atoms with Crippen LogP contribution in [-0.4, -0.2) is 28.1 Å².